The summed E-state index contributed by atoms with van der Waals surface area (Å²) in [5.41, 5.74) is 13.1. The van der Waals surface area contributed by atoms with Crippen molar-refractivity contribution in [1.82, 2.24) is 24.1 Å². The van der Waals surface area contributed by atoms with Gasteiger partial charge < -0.3 is 4.57 Å². The maximum Gasteiger partial charge on any atom is 0.235 e. The molecule has 0 aliphatic rings. The second kappa shape index (κ2) is 14.3. The van der Waals surface area contributed by atoms with Crippen LogP contribution in [0, 0.1) is 0 Å². The highest BCUT2D eigenvalue weighted by Crippen LogP contribution is 2.44. The van der Waals surface area contributed by atoms with Gasteiger partial charge >= 0.3 is 0 Å². The molecule has 0 unspecified atom stereocenters. The van der Waals surface area contributed by atoms with Crippen molar-refractivity contribution in [1.29, 1.82) is 0 Å². The van der Waals surface area contributed by atoms with Gasteiger partial charge in [-0.1, -0.05) is 158 Å². The van der Waals surface area contributed by atoms with Crippen molar-refractivity contribution in [3.05, 3.63) is 225 Å². The van der Waals surface area contributed by atoms with Gasteiger partial charge in [-0.25, -0.2) is 9.97 Å². The summed E-state index contributed by atoms with van der Waals surface area (Å²) in [6.07, 6.45) is 3.79. The fourth-order valence-corrected chi connectivity index (χ4v) is 10.7. The van der Waals surface area contributed by atoms with Crippen molar-refractivity contribution in [2.75, 3.05) is 0 Å². The van der Waals surface area contributed by atoms with E-state index in [-0.39, 0.29) is 0 Å². The predicted octanol–water partition coefficient (Wildman–Crippen LogP) is 15.7. The topological polar surface area (TPSA) is 48.5 Å². The van der Waals surface area contributed by atoms with Crippen LogP contribution in [-0.2, 0) is 0 Å². The standard InChI is InChI=1S/C61H37N5/c1-2-15-38(16-3-1)60-48-22-8-11-25-53(48)63-61(64-60)66-55-27-13-10-24-50(55)59-47-21-7-5-19-45(47)52(36-57(59)66)42-31-29-39-33-41(30-28-40(39)34-42)51-35-56-58(46-20-6-4-18-44(46)51)49-23-9-12-26-54(49)65(56)43-17-14-32-62-37-43/h1-37H. The van der Waals surface area contributed by atoms with Crippen molar-refractivity contribution < 1.29 is 0 Å². The third kappa shape index (κ3) is 5.44. The first kappa shape index (κ1) is 36.5. The van der Waals surface area contributed by atoms with Crippen LogP contribution in [0.1, 0.15) is 0 Å². The lowest BCUT2D eigenvalue weighted by molar-refractivity contribution is 1.01. The fourth-order valence-electron chi connectivity index (χ4n) is 10.7. The Morgan fingerprint density at radius 1 is 0.333 bits per heavy atom. The monoisotopic (exact) mass is 839 g/mol. The highest BCUT2D eigenvalue weighted by Gasteiger charge is 2.22. The summed E-state index contributed by atoms with van der Waals surface area (Å²) >= 11 is 0. The molecule has 0 saturated heterocycles. The highest BCUT2D eigenvalue weighted by molar-refractivity contribution is 6.26. The molecule has 5 heteroatoms. The minimum atomic E-state index is 0.650. The number of hydrogen-bond acceptors (Lipinski definition) is 3. The Morgan fingerprint density at radius 2 is 0.848 bits per heavy atom. The Balaban J connectivity index is 0.965. The lowest BCUT2D eigenvalue weighted by atomic mass is 9.91. The molecule has 0 atom stereocenters. The van der Waals surface area contributed by atoms with Crippen molar-refractivity contribution in [2.45, 2.75) is 0 Å². The van der Waals surface area contributed by atoms with Crippen LogP contribution in [0.15, 0.2) is 225 Å². The number of pyridine rings is 1. The third-order valence-corrected chi connectivity index (χ3v) is 13.6. The molecule has 0 bridgehead atoms. The number of rotatable bonds is 5. The molecule has 4 heterocycles. The molecule has 0 aliphatic carbocycles. The van der Waals surface area contributed by atoms with Crippen molar-refractivity contribution in [3.8, 4) is 45.1 Å². The van der Waals surface area contributed by atoms with E-state index in [1.54, 1.807) is 0 Å². The van der Waals surface area contributed by atoms with Gasteiger partial charge in [0, 0.05) is 38.7 Å². The van der Waals surface area contributed by atoms with Crippen LogP contribution in [-0.4, -0.2) is 24.1 Å². The maximum absolute atomic E-state index is 5.38. The number of benzene rings is 10. The van der Waals surface area contributed by atoms with E-state index in [1.165, 1.54) is 76.0 Å². The highest BCUT2D eigenvalue weighted by atomic mass is 15.2. The van der Waals surface area contributed by atoms with Crippen LogP contribution >= 0.6 is 0 Å². The minimum absolute atomic E-state index is 0.650. The van der Waals surface area contributed by atoms with Crippen LogP contribution in [0.25, 0.3) is 132 Å². The Labute approximate surface area is 379 Å². The van der Waals surface area contributed by atoms with Crippen molar-refractivity contribution >= 4 is 86.8 Å². The van der Waals surface area contributed by atoms with Gasteiger partial charge in [0.15, 0.2) is 0 Å². The van der Waals surface area contributed by atoms with Crippen molar-refractivity contribution in [3.63, 3.8) is 0 Å². The zero-order valence-electron chi connectivity index (χ0n) is 35.6. The van der Waals surface area contributed by atoms with Crippen molar-refractivity contribution in [2.24, 2.45) is 0 Å². The first-order valence-corrected chi connectivity index (χ1v) is 22.4. The average molecular weight is 840 g/mol. The van der Waals surface area contributed by atoms with E-state index in [2.05, 4.69) is 214 Å². The molecule has 0 saturated carbocycles. The zero-order valence-corrected chi connectivity index (χ0v) is 35.6. The van der Waals surface area contributed by atoms with Crippen LogP contribution in [0.3, 0.4) is 0 Å². The molecule has 4 aromatic heterocycles. The van der Waals surface area contributed by atoms with Crippen LogP contribution in [0.5, 0.6) is 0 Å². The first-order chi connectivity index (χ1) is 32.7. The molecule has 5 nitrogen and oxygen atoms in total. The Kier molecular flexibility index (Phi) is 7.91. The molecular formula is C61H37N5. The largest absolute Gasteiger partial charge is 0.308 e. The quantitative estimate of drug-likeness (QED) is 0.173. The smallest absolute Gasteiger partial charge is 0.235 e. The van der Waals surface area contributed by atoms with E-state index in [9.17, 15) is 0 Å². The van der Waals surface area contributed by atoms with Gasteiger partial charge in [0.05, 0.1) is 45.2 Å². The zero-order chi connectivity index (χ0) is 43.3. The summed E-state index contributed by atoms with van der Waals surface area (Å²) in [7, 11) is 0. The summed E-state index contributed by atoms with van der Waals surface area (Å²) < 4.78 is 4.62. The van der Waals surface area contributed by atoms with Gasteiger partial charge in [0.1, 0.15) is 0 Å². The molecule has 10 aromatic carbocycles. The summed E-state index contributed by atoms with van der Waals surface area (Å²) in [4.78, 5) is 15.2. The van der Waals surface area contributed by atoms with E-state index in [0.717, 1.165) is 50.0 Å². The molecule has 0 spiro atoms. The third-order valence-electron chi connectivity index (χ3n) is 13.6. The Hall–Kier alpha value is -8.93. The predicted molar refractivity (Wildman–Crippen MR) is 275 cm³/mol. The molecule has 0 aliphatic heterocycles. The van der Waals surface area contributed by atoms with E-state index < -0.39 is 0 Å². The van der Waals surface area contributed by atoms with Gasteiger partial charge in [0.25, 0.3) is 0 Å². The Morgan fingerprint density at radius 3 is 1.45 bits per heavy atom. The molecule has 0 N–H and O–H groups in total. The SMILES string of the molecule is c1ccc(-c2nc(-n3c4ccccc4c4c5ccccc5c(-c5ccc6cc(-c7cc8c(c9ccccc79)c7ccccc7n8-c7cccnc7)ccc6c5)cc43)nc3ccccc23)cc1. The van der Waals surface area contributed by atoms with E-state index in [0.29, 0.717) is 5.95 Å². The average Bonchev–Trinajstić information content (AvgIpc) is 3.91. The van der Waals surface area contributed by atoms with Gasteiger partial charge in [-0.2, -0.15) is 0 Å². The summed E-state index contributed by atoms with van der Waals surface area (Å²) in [6.45, 7) is 0. The molecule has 0 radical (unpaired) electrons. The van der Waals surface area contributed by atoms with Crippen LogP contribution < -0.4 is 0 Å². The number of aromatic nitrogens is 5. The van der Waals surface area contributed by atoms with E-state index in [4.69, 9.17) is 9.97 Å². The van der Waals surface area contributed by atoms with Crippen LogP contribution in [0.4, 0.5) is 0 Å². The van der Waals surface area contributed by atoms with Gasteiger partial charge in [-0.15, -0.1) is 0 Å². The summed E-state index contributed by atoms with van der Waals surface area (Å²) in [5.74, 6) is 0.650. The van der Waals surface area contributed by atoms with Gasteiger partial charge in [0.2, 0.25) is 5.95 Å². The minimum Gasteiger partial charge on any atom is -0.308 e. The fraction of sp³-hybridized carbons (Fsp3) is 0. The number of fused-ring (bicyclic) bond motifs is 12. The lowest BCUT2D eigenvalue weighted by Crippen LogP contribution is -2.03. The van der Waals surface area contributed by atoms with E-state index >= 15 is 0 Å². The molecule has 306 valence electrons. The second-order valence-corrected chi connectivity index (χ2v) is 17.2. The maximum atomic E-state index is 5.38. The Bertz CT molecular complexity index is 4280. The number of para-hydroxylation sites is 3. The lowest BCUT2D eigenvalue weighted by Gasteiger charge is -2.14. The summed E-state index contributed by atoms with van der Waals surface area (Å²) in [6, 6.07) is 76.5. The van der Waals surface area contributed by atoms with Gasteiger partial charge in [-0.3, -0.25) is 9.55 Å². The molecule has 0 amide bonds. The summed E-state index contributed by atoms with van der Waals surface area (Å²) in [5, 5.41) is 13.1. The van der Waals surface area contributed by atoms with Crippen LogP contribution in [0.2, 0.25) is 0 Å². The molecular weight excluding hydrogens is 803 g/mol. The number of nitrogens with zero attached hydrogens (tertiary/aromatic N) is 5. The normalized spacial score (nSPS) is 11.9. The van der Waals surface area contributed by atoms with Gasteiger partial charge in [-0.05, 0) is 109 Å². The molecule has 0 fully saturated rings. The molecule has 14 rings (SSSR count). The van der Waals surface area contributed by atoms with E-state index in [1.807, 2.05) is 24.5 Å². The molecule has 14 aromatic rings. The molecule has 66 heavy (non-hydrogen) atoms. The first-order valence-electron chi connectivity index (χ1n) is 22.4. The second-order valence-electron chi connectivity index (χ2n) is 17.2. The number of hydrogen-bond donors (Lipinski definition) is 0.